The van der Waals surface area contributed by atoms with Gasteiger partial charge in [0.05, 0.1) is 41.6 Å². The average molecular weight is 511 g/mol. The van der Waals surface area contributed by atoms with Gasteiger partial charge in [0.25, 0.3) is 0 Å². The number of anilines is 3. The Kier molecular flexibility index (Phi) is 5.81. The number of ether oxygens (including phenoxy) is 1. The number of halogens is 2. The van der Waals surface area contributed by atoms with Gasteiger partial charge in [0.15, 0.2) is 0 Å². The molecule has 0 saturated heterocycles. The van der Waals surface area contributed by atoms with Gasteiger partial charge in [-0.05, 0) is 36.4 Å². The highest BCUT2D eigenvalue weighted by atomic mass is 32.2. The Morgan fingerprint density at radius 3 is 2.39 bits per heavy atom. The molecule has 0 aliphatic carbocycles. The number of pyridine rings is 1. The number of sulfonamides is 1. The van der Waals surface area contributed by atoms with Gasteiger partial charge in [0, 0.05) is 22.7 Å². The van der Waals surface area contributed by atoms with Crippen molar-refractivity contribution >= 4 is 43.9 Å². The van der Waals surface area contributed by atoms with E-state index in [1.165, 1.54) is 12.0 Å². The van der Waals surface area contributed by atoms with Gasteiger partial charge in [0.1, 0.15) is 23.9 Å². The van der Waals surface area contributed by atoms with Crippen LogP contribution in [0.4, 0.5) is 25.8 Å². The van der Waals surface area contributed by atoms with E-state index in [9.17, 15) is 22.0 Å². The van der Waals surface area contributed by atoms with Crippen molar-refractivity contribution in [2.75, 3.05) is 23.5 Å². The number of benzene rings is 3. The van der Waals surface area contributed by atoms with Gasteiger partial charge in [-0.3, -0.25) is 9.78 Å². The van der Waals surface area contributed by atoms with Crippen molar-refractivity contribution in [1.29, 1.82) is 0 Å². The number of rotatable bonds is 5. The first-order valence-electron chi connectivity index (χ1n) is 10.8. The molecule has 3 aromatic carbocycles. The number of carbonyl (C=O) groups is 1. The van der Waals surface area contributed by atoms with Crippen LogP contribution in [0.15, 0.2) is 71.8 Å². The molecular formula is C25H20F2N4O4S. The third-order valence-electron chi connectivity index (χ3n) is 6.01. The minimum atomic E-state index is -4.32. The molecule has 0 saturated carbocycles. The van der Waals surface area contributed by atoms with Crippen LogP contribution in [0, 0.1) is 11.6 Å². The molecule has 0 radical (unpaired) electrons. The fourth-order valence-electron chi connectivity index (χ4n) is 4.25. The molecule has 5 rings (SSSR count). The summed E-state index contributed by atoms with van der Waals surface area (Å²) in [5, 5.41) is 5.60. The normalized spacial score (nSPS) is 13.7. The molecule has 1 aromatic heterocycles. The number of carbonyl (C=O) groups excluding carboxylic acids is 1. The highest BCUT2D eigenvalue weighted by Gasteiger charge is 2.33. The highest BCUT2D eigenvalue weighted by Crippen LogP contribution is 2.43. The van der Waals surface area contributed by atoms with Crippen LogP contribution in [0.25, 0.3) is 10.9 Å². The topological polar surface area (TPSA) is 106 Å². The number of primary sulfonamides is 1. The van der Waals surface area contributed by atoms with Crippen molar-refractivity contribution in [3.8, 4) is 5.75 Å². The molecule has 1 amide bonds. The second kappa shape index (κ2) is 8.85. The molecule has 1 aliphatic heterocycles. The lowest BCUT2D eigenvalue weighted by Gasteiger charge is -2.38. The molecule has 11 heteroatoms. The minimum absolute atomic E-state index is 0.0984. The lowest BCUT2D eigenvalue weighted by molar-refractivity contribution is -0.117. The van der Waals surface area contributed by atoms with Crippen LogP contribution >= 0.6 is 0 Å². The zero-order valence-electron chi connectivity index (χ0n) is 19.0. The Morgan fingerprint density at radius 1 is 1.06 bits per heavy atom. The average Bonchev–Trinajstić information content (AvgIpc) is 2.86. The Hall–Kier alpha value is -4.09. The van der Waals surface area contributed by atoms with Crippen molar-refractivity contribution in [3.63, 3.8) is 0 Å². The number of methoxy groups -OCH3 is 1. The maximum absolute atomic E-state index is 14.9. The first-order chi connectivity index (χ1) is 17.2. The van der Waals surface area contributed by atoms with E-state index in [0.29, 0.717) is 40.2 Å². The molecule has 2 N–H and O–H groups in total. The Morgan fingerprint density at radius 2 is 1.75 bits per heavy atom. The number of aromatic nitrogens is 1. The van der Waals surface area contributed by atoms with Gasteiger partial charge < -0.3 is 14.5 Å². The van der Waals surface area contributed by atoms with Gasteiger partial charge in [-0.1, -0.05) is 18.2 Å². The largest absolute Gasteiger partial charge is 0.497 e. The van der Waals surface area contributed by atoms with Crippen LogP contribution < -0.4 is 19.7 Å². The number of hydrogen-bond donors (Lipinski definition) is 1. The van der Waals surface area contributed by atoms with E-state index in [1.807, 2.05) is 30.3 Å². The predicted molar refractivity (Wildman–Crippen MR) is 131 cm³/mol. The molecule has 36 heavy (non-hydrogen) atoms. The van der Waals surface area contributed by atoms with E-state index in [0.717, 1.165) is 5.69 Å². The van der Waals surface area contributed by atoms with Crippen molar-refractivity contribution in [2.45, 2.75) is 11.4 Å². The fraction of sp³-hybridized carbons (Fsp3) is 0.120. The van der Waals surface area contributed by atoms with Crippen molar-refractivity contribution in [3.05, 3.63) is 84.1 Å². The van der Waals surface area contributed by atoms with E-state index < -0.39 is 44.6 Å². The summed E-state index contributed by atoms with van der Waals surface area (Å²) in [6, 6.07) is 15.6. The summed E-state index contributed by atoms with van der Waals surface area (Å²) in [5.41, 5.74) is 1.79. The molecule has 0 unspecified atom stereocenters. The second-order valence-electron chi connectivity index (χ2n) is 8.19. The molecular weight excluding hydrogens is 490 g/mol. The minimum Gasteiger partial charge on any atom is -0.497 e. The Bertz CT molecular complexity index is 1590. The summed E-state index contributed by atoms with van der Waals surface area (Å²) in [6.45, 7) is -0.568. The molecule has 8 nitrogen and oxygen atoms in total. The molecule has 0 spiro atoms. The Balaban J connectivity index is 1.69. The highest BCUT2D eigenvalue weighted by molar-refractivity contribution is 7.89. The summed E-state index contributed by atoms with van der Waals surface area (Å²) in [7, 11) is -2.80. The van der Waals surface area contributed by atoms with Crippen molar-refractivity contribution < 1.29 is 26.7 Å². The first-order valence-corrected chi connectivity index (χ1v) is 12.3. The van der Waals surface area contributed by atoms with E-state index >= 15 is 0 Å². The first kappa shape index (κ1) is 23.6. The van der Waals surface area contributed by atoms with Crippen LogP contribution in [-0.4, -0.2) is 33.0 Å². The van der Waals surface area contributed by atoms with Gasteiger partial charge >= 0.3 is 0 Å². The maximum atomic E-state index is 14.9. The van der Waals surface area contributed by atoms with Crippen molar-refractivity contribution in [2.24, 2.45) is 5.14 Å². The van der Waals surface area contributed by atoms with Gasteiger partial charge in [-0.15, -0.1) is 0 Å². The monoisotopic (exact) mass is 510 g/mol. The van der Waals surface area contributed by atoms with Crippen LogP contribution in [0.1, 0.15) is 5.56 Å². The Labute approximate surface area is 205 Å². The van der Waals surface area contributed by atoms with Gasteiger partial charge in [-0.25, -0.2) is 22.3 Å². The smallest absolute Gasteiger partial charge is 0.247 e. The summed E-state index contributed by atoms with van der Waals surface area (Å²) in [4.78, 5) is 20.3. The van der Waals surface area contributed by atoms with Gasteiger partial charge in [0.2, 0.25) is 15.9 Å². The number of hydrogen-bond acceptors (Lipinski definition) is 6. The van der Waals surface area contributed by atoms with Crippen LogP contribution in [0.3, 0.4) is 0 Å². The number of para-hydroxylation sites is 1. The molecule has 1 aliphatic rings. The van der Waals surface area contributed by atoms with E-state index in [-0.39, 0.29) is 6.54 Å². The molecule has 0 atom stereocenters. The zero-order chi connectivity index (χ0) is 25.6. The SMILES string of the molecule is COc1ccc2c3c(cnc2c1)N(c1ccccc1)CC(=O)N3Cc1c(F)cc(S(N)(=O)=O)cc1F. The standard InChI is InChI=1S/C25H20F2N4O4S/c1-35-16-7-8-18-22(9-16)29-12-23-25(18)31(24(32)14-30(23)15-5-3-2-4-6-15)13-19-20(26)10-17(11-21(19)27)36(28,33)34/h2-12H,13-14H2,1H3,(H2,28,33,34). The van der Waals surface area contributed by atoms with Crippen molar-refractivity contribution in [1.82, 2.24) is 4.98 Å². The summed E-state index contributed by atoms with van der Waals surface area (Å²) in [6.07, 6.45) is 1.60. The lowest BCUT2D eigenvalue weighted by atomic mass is 10.1. The molecule has 184 valence electrons. The molecule has 4 aromatic rings. The number of fused-ring (bicyclic) bond motifs is 3. The van der Waals surface area contributed by atoms with E-state index in [1.54, 1.807) is 29.3 Å². The number of amides is 1. The molecule has 0 fully saturated rings. The summed E-state index contributed by atoms with van der Waals surface area (Å²) >= 11 is 0. The maximum Gasteiger partial charge on any atom is 0.247 e. The second-order valence-corrected chi connectivity index (χ2v) is 9.75. The third-order valence-corrected chi connectivity index (χ3v) is 6.90. The quantitative estimate of drug-likeness (QED) is 0.437. The van der Waals surface area contributed by atoms with Crippen LogP contribution in [0.2, 0.25) is 0 Å². The summed E-state index contributed by atoms with van der Waals surface area (Å²) < 4.78 is 58.3. The third kappa shape index (κ3) is 4.12. The number of nitrogens with two attached hydrogens (primary N) is 1. The molecule has 2 heterocycles. The fourth-order valence-corrected chi connectivity index (χ4v) is 4.78. The predicted octanol–water partition coefficient (Wildman–Crippen LogP) is 3.85. The lowest BCUT2D eigenvalue weighted by Crippen LogP contribution is -2.44. The molecule has 0 bridgehead atoms. The van der Waals surface area contributed by atoms with Crippen LogP contribution in [0.5, 0.6) is 5.75 Å². The zero-order valence-corrected chi connectivity index (χ0v) is 19.8. The van der Waals surface area contributed by atoms with Gasteiger partial charge in [-0.2, -0.15) is 0 Å². The van der Waals surface area contributed by atoms with E-state index in [4.69, 9.17) is 9.88 Å². The van der Waals surface area contributed by atoms with E-state index in [2.05, 4.69) is 4.98 Å². The summed E-state index contributed by atoms with van der Waals surface area (Å²) in [5.74, 6) is -2.11. The number of nitrogens with zero attached hydrogens (tertiary/aromatic N) is 3. The van der Waals surface area contributed by atoms with Crippen LogP contribution in [-0.2, 0) is 21.4 Å².